The lowest BCUT2D eigenvalue weighted by Crippen LogP contribution is -2.34. The maximum Gasteiger partial charge on any atom is 0.230 e. The summed E-state index contributed by atoms with van der Waals surface area (Å²) in [6.45, 7) is 4.17. The van der Waals surface area contributed by atoms with Gasteiger partial charge in [0.1, 0.15) is 0 Å². The first-order valence-corrected chi connectivity index (χ1v) is 10.5. The van der Waals surface area contributed by atoms with E-state index in [1.165, 1.54) is 46.2 Å². The van der Waals surface area contributed by atoms with E-state index in [0.717, 1.165) is 18.0 Å². The maximum atomic E-state index is 11.0. The van der Waals surface area contributed by atoms with Gasteiger partial charge in [-0.05, 0) is 50.6 Å². The van der Waals surface area contributed by atoms with Crippen LogP contribution >= 0.6 is 11.3 Å². The quantitative estimate of drug-likeness (QED) is 0.546. The average Bonchev–Trinajstić information content (AvgIpc) is 3.42. The molecule has 0 bridgehead atoms. The molecule has 1 aromatic carbocycles. The second kappa shape index (κ2) is 7.07. The summed E-state index contributed by atoms with van der Waals surface area (Å²) in [4.78, 5) is 8.61. The minimum Gasteiger partial charge on any atom is -0.492 e. The van der Waals surface area contributed by atoms with Gasteiger partial charge in [0.05, 0.1) is 17.2 Å². The summed E-state index contributed by atoms with van der Waals surface area (Å²) in [5, 5.41) is 15.5. The molecule has 0 spiro atoms. The van der Waals surface area contributed by atoms with Crippen molar-refractivity contribution < 1.29 is 9.52 Å². The van der Waals surface area contributed by atoms with Crippen LogP contribution in [0.2, 0.25) is 0 Å². The number of piperidine rings is 1. The van der Waals surface area contributed by atoms with Crippen molar-refractivity contribution in [1.82, 2.24) is 19.5 Å². The molecule has 1 fully saturated rings. The van der Waals surface area contributed by atoms with E-state index in [9.17, 15) is 5.11 Å². The number of likely N-dealkylation sites (tertiary alicyclic amines) is 1. The van der Waals surface area contributed by atoms with Crippen LogP contribution in [0, 0.1) is 6.92 Å². The van der Waals surface area contributed by atoms with Gasteiger partial charge in [-0.3, -0.25) is 4.90 Å². The third-order valence-corrected chi connectivity index (χ3v) is 6.38. The van der Waals surface area contributed by atoms with Gasteiger partial charge in [0.15, 0.2) is 5.76 Å². The molecule has 7 heteroatoms. The van der Waals surface area contributed by atoms with Gasteiger partial charge >= 0.3 is 0 Å². The Morgan fingerprint density at radius 2 is 2.00 bits per heavy atom. The summed E-state index contributed by atoms with van der Waals surface area (Å²) in [6, 6.07) is 12.2. The summed E-state index contributed by atoms with van der Waals surface area (Å²) in [6.07, 6.45) is 5.24. The van der Waals surface area contributed by atoms with Crippen molar-refractivity contribution in [2.75, 3.05) is 13.1 Å². The molecule has 1 aliphatic rings. The first kappa shape index (κ1) is 17.5. The average molecular weight is 395 g/mol. The highest BCUT2D eigenvalue weighted by molar-refractivity contribution is 7.17. The molecule has 1 N–H and O–H groups in total. The normalized spacial score (nSPS) is 16.6. The number of aromatic nitrogens is 3. The Labute approximate surface area is 167 Å². The summed E-state index contributed by atoms with van der Waals surface area (Å²) in [7, 11) is 0. The number of benzene rings is 1. The summed E-state index contributed by atoms with van der Waals surface area (Å²) in [5.41, 5.74) is 2.42. The molecule has 1 saturated heterocycles. The second-order valence-electron chi connectivity index (χ2n) is 7.31. The van der Waals surface area contributed by atoms with Gasteiger partial charge < -0.3 is 9.52 Å². The Hall–Kier alpha value is -2.64. The SMILES string of the molecule is Cc1cccc([C@@H](c2sc3nc(-c4ccco4)nn3c2O)N2CCCCC2)c1. The number of aromatic hydroxyl groups is 1. The fraction of sp³-hybridized carbons (Fsp3) is 0.333. The predicted octanol–water partition coefficient (Wildman–Crippen LogP) is 4.64. The van der Waals surface area contributed by atoms with Crippen LogP contribution in [0.25, 0.3) is 16.5 Å². The summed E-state index contributed by atoms with van der Waals surface area (Å²) in [5.74, 6) is 1.26. The van der Waals surface area contributed by atoms with Crippen molar-refractivity contribution in [2.24, 2.45) is 0 Å². The Balaban J connectivity index is 1.60. The van der Waals surface area contributed by atoms with Gasteiger partial charge in [-0.15, -0.1) is 5.10 Å². The summed E-state index contributed by atoms with van der Waals surface area (Å²) >= 11 is 1.50. The van der Waals surface area contributed by atoms with Crippen molar-refractivity contribution in [3.8, 4) is 17.5 Å². The second-order valence-corrected chi connectivity index (χ2v) is 8.32. The maximum absolute atomic E-state index is 11.0. The molecule has 4 aromatic rings. The van der Waals surface area contributed by atoms with Crippen LogP contribution in [0.1, 0.15) is 41.3 Å². The number of hydrogen-bond acceptors (Lipinski definition) is 6. The van der Waals surface area contributed by atoms with E-state index in [-0.39, 0.29) is 11.9 Å². The zero-order valence-electron chi connectivity index (χ0n) is 15.7. The Morgan fingerprint density at radius 1 is 1.14 bits per heavy atom. The number of rotatable bonds is 4. The van der Waals surface area contributed by atoms with Crippen molar-refractivity contribution in [3.05, 3.63) is 58.7 Å². The largest absolute Gasteiger partial charge is 0.492 e. The number of aryl methyl sites for hydroxylation is 1. The van der Waals surface area contributed by atoms with E-state index in [1.807, 2.05) is 6.07 Å². The minimum absolute atomic E-state index is 0.0146. The van der Waals surface area contributed by atoms with Crippen molar-refractivity contribution in [1.29, 1.82) is 0 Å². The number of thiazole rings is 1. The van der Waals surface area contributed by atoms with E-state index in [2.05, 4.69) is 46.2 Å². The van der Waals surface area contributed by atoms with Gasteiger partial charge in [-0.25, -0.2) is 0 Å². The number of furan rings is 1. The Morgan fingerprint density at radius 3 is 2.71 bits per heavy atom. The highest BCUT2D eigenvalue weighted by Gasteiger charge is 2.30. The van der Waals surface area contributed by atoms with Crippen molar-refractivity contribution >= 4 is 16.3 Å². The minimum atomic E-state index is 0.0146. The predicted molar refractivity (Wildman–Crippen MR) is 109 cm³/mol. The van der Waals surface area contributed by atoms with Gasteiger partial charge in [-0.1, -0.05) is 47.6 Å². The molecule has 3 aromatic heterocycles. The Bertz CT molecular complexity index is 1090. The van der Waals surface area contributed by atoms with Gasteiger partial charge in [0, 0.05) is 0 Å². The fourth-order valence-corrected chi connectivity index (χ4v) is 5.10. The molecule has 1 aliphatic heterocycles. The fourth-order valence-electron chi connectivity index (χ4n) is 3.98. The highest BCUT2D eigenvalue weighted by Crippen LogP contribution is 2.41. The van der Waals surface area contributed by atoms with E-state index < -0.39 is 0 Å². The molecule has 0 saturated carbocycles. The zero-order chi connectivity index (χ0) is 19.1. The van der Waals surface area contributed by atoms with Crippen molar-refractivity contribution in [2.45, 2.75) is 32.2 Å². The third-order valence-electron chi connectivity index (χ3n) is 5.30. The monoisotopic (exact) mass is 394 g/mol. The van der Waals surface area contributed by atoms with Crippen LogP contribution in [-0.4, -0.2) is 37.7 Å². The van der Waals surface area contributed by atoms with Crippen LogP contribution in [0.15, 0.2) is 47.1 Å². The third kappa shape index (κ3) is 3.00. The molecule has 0 amide bonds. The number of fused-ring (bicyclic) bond motifs is 1. The number of hydrogen-bond donors (Lipinski definition) is 1. The van der Waals surface area contributed by atoms with Gasteiger partial charge in [0.2, 0.25) is 16.7 Å². The van der Waals surface area contributed by atoms with Crippen LogP contribution in [0.4, 0.5) is 0 Å². The molecule has 4 heterocycles. The zero-order valence-corrected chi connectivity index (χ0v) is 16.5. The van der Waals surface area contributed by atoms with Crippen LogP contribution in [0.5, 0.6) is 5.88 Å². The highest BCUT2D eigenvalue weighted by atomic mass is 32.1. The molecule has 0 unspecified atom stereocenters. The lowest BCUT2D eigenvalue weighted by molar-refractivity contribution is 0.186. The van der Waals surface area contributed by atoms with E-state index in [0.29, 0.717) is 16.5 Å². The molecule has 6 nitrogen and oxygen atoms in total. The molecule has 0 aliphatic carbocycles. The van der Waals surface area contributed by atoms with E-state index >= 15 is 0 Å². The summed E-state index contributed by atoms with van der Waals surface area (Å²) < 4.78 is 6.92. The number of nitrogens with zero attached hydrogens (tertiary/aromatic N) is 4. The first-order chi connectivity index (χ1) is 13.7. The van der Waals surface area contributed by atoms with E-state index in [1.54, 1.807) is 12.3 Å². The van der Waals surface area contributed by atoms with Crippen LogP contribution in [0.3, 0.4) is 0 Å². The first-order valence-electron chi connectivity index (χ1n) is 9.63. The molecule has 0 radical (unpaired) electrons. The molecule has 28 heavy (non-hydrogen) atoms. The van der Waals surface area contributed by atoms with Gasteiger partial charge in [-0.2, -0.15) is 9.50 Å². The lowest BCUT2D eigenvalue weighted by atomic mass is 9.99. The Kier molecular flexibility index (Phi) is 4.41. The lowest BCUT2D eigenvalue weighted by Gasteiger charge is -2.34. The molecular weight excluding hydrogens is 372 g/mol. The van der Waals surface area contributed by atoms with Crippen LogP contribution in [-0.2, 0) is 0 Å². The molecule has 1 atom stereocenters. The topological polar surface area (TPSA) is 66.8 Å². The molecule has 5 rings (SSSR count). The standard InChI is InChI=1S/C21H22N4O2S/c1-14-7-5-8-15(13-14)17(24-10-3-2-4-11-24)18-20(26)25-21(28-18)22-19(23-25)16-9-6-12-27-16/h5-9,12-13,17,26H,2-4,10-11H2,1H3/t17-/m0/s1. The van der Waals surface area contributed by atoms with Gasteiger partial charge in [0.25, 0.3) is 0 Å². The smallest absolute Gasteiger partial charge is 0.230 e. The molecular formula is C21H22N4O2S. The van der Waals surface area contributed by atoms with Crippen LogP contribution < -0.4 is 0 Å². The van der Waals surface area contributed by atoms with E-state index in [4.69, 9.17) is 4.42 Å². The molecule has 144 valence electrons. The van der Waals surface area contributed by atoms with Crippen molar-refractivity contribution in [3.63, 3.8) is 0 Å².